The van der Waals surface area contributed by atoms with E-state index >= 15 is 0 Å². The molecule has 0 atom stereocenters. The molecule has 1 aliphatic carbocycles. The van der Waals surface area contributed by atoms with Crippen LogP contribution in [0.3, 0.4) is 0 Å². The Balaban J connectivity index is 1.80. The largest absolute Gasteiger partial charge is 0.427 e. The van der Waals surface area contributed by atoms with Gasteiger partial charge in [-0.2, -0.15) is 4.98 Å². The molecular weight excluding hydrogens is 338 g/mol. The van der Waals surface area contributed by atoms with E-state index in [1.807, 2.05) is 13.0 Å². The van der Waals surface area contributed by atoms with Gasteiger partial charge >= 0.3 is 5.63 Å². The van der Waals surface area contributed by atoms with Gasteiger partial charge in [0.1, 0.15) is 24.5 Å². The van der Waals surface area contributed by atoms with Crippen LogP contribution in [-0.2, 0) is 17.9 Å². The Kier molecular flexibility index (Phi) is 5.51. The number of ether oxygens (including phenoxy) is 1. The lowest BCUT2D eigenvalue weighted by atomic mass is 9.83. The number of hydrogen-bond donors (Lipinski definition) is 0. The van der Waals surface area contributed by atoms with E-state index in [0.717, 1.165) is 19.3 Å². The van der Waals surface area contributed by atoms with Gasteiger partial charge in [-0.25, -0.2) is 4.79 Å². The standard InChI is InChI=1S/C18H23N3O5/c1-4-21(9-15-19-14(10-24-3)20-26-15)17(22)16-11(2)8-13(25-18(16)23)12-6-5-7-12/h8,12H,4-7,9-10H2,1-3H3. The summed E-state index contributed by atoms with van der Waals surface area (Å²) in [6.45, 7) is 4.34. The molecule has 2 heterocycles. The van der Waals surface area contributed by atoms with Crippen LogP contribution in [-0.4, -0.2) is 34.6 Å². The smallest absolute Gasteiger partial charge is 0.349 e. The summed E-state index contributed by atoms with van der Waals surface area (Å²) in [5, 5.41) is 3.78. The minimum Gasteiger partial charge on any atom is -0.427 e. The average molecular weight is 361 g/mol. The zero-order valence-corrected chi connectivity index (χ0v) is 15.3. The van der Waals surface area contributed by atoms with Crippen LogP contribution in [0.15, 0.2) is 19.8 Å². The van der Waals surface area contributed by atoms with Gasteiger partial charge in [0, 0.05) is 19.6 Å². The summed E-state index contributed by atoms with van der Waals surface area (Å²) < 4.78 is 15.5. The minimum absolute atomic E-state index is 0.0616. The lowest BCUT2D eigenvalue weighted by molar-refractivity contribution is 0.0728. The Morgan fingerprint density at radius 2 is 2.19 bits per heavy atom. The maximum absolute atomic E-state index is 12.9. The Labute approximate surface area is 151 Å². The Hall–Kier alpha value is -2.48. The number of carbonyl (C=O) groups excluding carboxylic acids is 1. The summed E-state index contributed by atoms with van der Waals surface area (Å²) in [5.74, 6) is 1.28. The lowest BCUT2D eigenvalue weighted by Gasteiger charge is -2.25. The number of amides is 1. The summed E-state index contributed by atoms with van der Waals surface area (Å²) in [7, 11) is 1.53. The molecule has 8 heteroatoms. The quantitative estimate of drug-likeness (QED) is 0.746. The number of methoxy groups -OCH3 is 1. The van der Waals surface area contributed by atoms with E-state index in [2.05, 4.69) is 10.1 Å². The van der Waals surface area contributed by atoms with Gasteiger partial charge in [0.05, 0.1) is 0 Å². The second-order valence-electron chi connectivity index (χ2n) is 6.48. The first-order chi connectivity index (χ1) is 12.5. The maximum Gasteiger partial charge on any atom is 0.349 e. The maximum atomic E-state index is 12.9. The predicted octanol–water partition coefficient (Wildman–Crippen LogP) is 2.41. The summed E-state index contributed by atoms with van der Waals surface area (Å²) in [6, 6.07) is 1.82. The predicted molar refractivity (Wildman–Crippen MR) is 91.7 cm³/mol. The van der Waals surface area contributed by atoms with E-state index in [1.165, 1.54) is 12.0 Å². The summed E-state index contributed by atoms with van der Waals surface area (Å²) >= 11 is 0. The highest BCUT2D eigenvalue weighted by atomic mass is 16.5. The zero-order valence-electron chi connectivity index (χ0n) is 15.3. The third-order valence-electron chi connectivity index (χ3n) is 4.67. The van der Waals surface area contributed by atoms with Crippen LogP contribution >= 0.6 is 0 Å². The molecule has 2 aromatic rings. The van der Waals surface area contributed by atoms with E-state index in [4.69, 9.17) is 13.7 Å². The topological polar surface area (TPSA) is 98.7 Å². The van der Waals surface area contributed by atoms with Gasteiger partial charge in [-0.15, -0.1) is 0 Å². The molecule has 1 saturated carbocycles. The molecular formula is C18H23N3O5. The fraction of sp³-hybridized carbons (Fsp3) is 0.556. The number of rotatable bonds is 7. The Bertz CT molecular complexity index is 838. The van der Waals surface area contributed by atoms with E-state index < -0.39 is 11.5 Å². The first kappa shape index (κ1) is 18.3. The average Bonchev–Trinajstić information content (AvgIpc) is 2.98. The van der Waals surface area contributed by atoms with Gasteiger partial charge in [0.15, 0.2) is 5.82 Å². The highest BCUT2D eigenvalue weighted by molar-refractivity contribution is 5.95. The molecule has 0 aliphatic heterocycles. The summed E-state index contributed by atoms with van der Waals surface area (Å²) in [4.78, 5) is 30.9. The van der Waals surface area contributed by atoms with Crippen LogP contribution in [0.25, 0.3) is 0 Å². The fourth-order valence-corrected chi connectivity index (χ4v) is 2.97. The van der Waals surface area contributed by atoms with Crippen molar-refractivity contribution < 1.29 is 18.5 Å². The number of aryl methyl sites for hydroxylation is 1. The van der Waals surface area contributed by atoms with Crippen molar-refractivity contribution in [1.29, 1.82) is 0 Å². The van der Waals surface area contributed by atoms with Crippen LogP contribution in [0, 0.1) is 6.92 Å². The molecule has 0 saturated heterocycles. The molecule has 1 fully saturated rings. The third kappa shape index (κ3) is 3.70. The molecule has 0 radical (unpaired) electrons. The van der Waals surface area contributed by atoms with Gasteiger partial charge in [0.25, 0.3) is 5.91 Å². The molecule has 0 N–H and O–H groups in total. The number of hydrogen-bond acceptors (Lipinski definition) is 7. The second-order valence-corrected chi connectivity index (χ2v) is 6.48. The van der Waals surface area contributed by atoms with Crippen molar-refractivity contribution in [2.45, 2.75) is 52.2 Å². The van der Waals surface area contributed by atoms with E-state index in [1.54, 1.807) is 6.92 Å². The zero-order chi connectivity index (χ0) is 18.7. The molecule has 1 amide bonds. The molecule has 2 aromatic heterocycles. The Morgan fingerprint density at radius 3 is 2.77 bits per heavy atom. The van der Waals surface area contributed by atoms with E-state index in [9.17, 15) is 9.59 Å². The number of nitrogens with zero attached hydrogens (tertiary/aromatic N) is 3. The van der Waals surface area contributed by atoms with Crippen LogP contribution in [0.1, 0.15) is 65.5 Å². The molecule has 26 heavy (non-hydrogen) atoms. The summed E-state index contributed by atoms with van der Waals surface area (Å²) in [5.41, 5.74) is 0.115. The third-order valence-corrected chi connectivity index (χ3v) is 4.67. The highest BCUT2D eigenvalue weighted by Gasteiger charge is 2.27. The van der Waals surface area contributed by atoms with Crippen molar-refractivity contribution in [2.24, 2.45) is 0 Å². The molecule has 140 valence electrons. The fourth-order valence-electron chi connectivity index (χ4n) is 2.97. The molecule has 8 nitrogen and oxygen atoms in total. The molecule has 3 rings (SSSR count). The van der Waals surface area contributed by atoms with E-state index in [-0.39, 0.29) is 18.7 Å². The number of carbonyl (C=O) groups is 1. The summed E-state index contributed by atoms with van der Waals surface area (Å²) in [6.07, 6.45) is 3.20. The van der Waals surface area contributed by atoms with Crippen LogP contribution in [0.5, 0.6) is 0 Å². The van der Waals surface area contributed by atoms with E-state index in [0.29, 0.717) is 35.5 Å². The lowest BCUT2D eigenvalue weighted by Crippen LogP contribution is -2.34. The molecule has 0 bridgehead atoms. The first-order valence-corrected chi connectivity index (χ1v) is 8.77. The highest BCUT2D eigenvalue weighted by Crippen LogP contribution is 2.36. The van der Waals surface area contributed by atoms with Gasteiger partial charge in [0.2, 0.25) is 5.89 Å². The van der Waals surface area contributed by atoms with Crippen molar-refractivity contribution in [1.82, 2.24) is 15.0 Å². The van der Waals surface area contributed by atoms with Crippen LogP contribution < -0.4 is 5.63 Å². The van der Waals surface area contributed by atoms with Crippen molar-refractivity contribution in [2.75, 3.05) is 13.7 Å². The minimum atomic E-state index is -0.582. The van der Waals surface area contributed by atoms with Gasteiger partial charge < -0.3 is 18.6 Å². The van der Waals surface area contributed by atoms with Gasteiger partial charge in [-0.1, -0.05) is 11.6 Å². The van der Waals surface area contributed by atoms with Crippen LogP contribution in [0.4, 0.5) is 0 Å². The normalized spacial score (nSPS) is 14.3. The monoisotopic (exact) mass is 361 g/mol. The first-order valence-electron chi connectivity index (χ1n) is 8.77. The molecule has 0 aromatic carbocycles. The van der Waals surface area contributed by atoms with Gasteiger partial charge in [-0.3, -0.25) is 4.79 Å². The molecule has 1 aliphatic rings. The van der Waals surface area contributed by atoms with Gasteiger partial charge in [-0.05, 0) is 38.3 Å². The SMILES string of the molecule is CCN(Cc1nc(COC)no1)C(=O)c1c(C)cc(C2CCC2)oc1=O. The van der Waals surface area contributed by atoms with Crippen molar-refractivity contribution >= 4 is 5.91 Å². The number of aromatic nitrogens is 2. The molecule has 0 unspecified atom stereocenters. The molecule has 0 spiro atoms. The Morgan fingerprint density at radius 1 is 1.42 bits per heavy atom. The van der Waals surface area contributed by atoms with Crippen molar-refractivity contribution in [3.8, 4) is 0 Å². The van der Waals surface area contributed by atoms with Crippen molar-refractivity contribution in [3.63, 3.8) is 0 Å². The second kappa shape index (κ2) is 7.82. The van der Waals surface area contributed by atoms with Crippen molar-refractivity contribution in [3.05, 3.63) is 45.1 Å². The van der Waals surface area contributed by atoms with Crippen LogP contribution in [0.2, 0.25) is 0 Å².